The van der Waals surface area contributed by atoms with E-state index in [0.29, 0.717) is 0 Å². The molecule has 1 nitrogen and oxygen atoms in total. The van der Waals surface area contributed by atoms with Crippen molar-refractivity contribution in [3.63, 3.8) is 0 Å². The highest BCUT2D eigenvalue weighted by Gasteiger charge is 2.06. The molecule has 0 unspecified atom stereocenters. The molecule has 0 fully saturated rings. The maximum atomic E-state index is 5.35. The first-order valence-corrected chi connectivity index (χ1v) is 5.89. The van der Waals surface area contributed by atoms with Crippen molar-refractivity contribution in [1.82, 2.24) is 0 Å². The third-order valence-corrected chi connectivity index (χ3v) is 3.65. The summed E-state index contributed by atoms with van der Waals surface area (Å²) in [6.07, 6.45) is 1.10. The van der Waals surface area contributed by atoms with E-state index in [-0.39, 0.29) is 7.43 Å². The Labute approximate surface area is 102 Å². The number of hydrogen-bond acceptors (Lipinski definition) is 2. The van der Waals surface area contributed by atoms with Gasteiger partial charge in [0.05, 0.1) is 7.11 Å². The molecular weight excluding hydrogens is 216 g/mol. The highest BCUT2D eigenvalue weighted by Crippen LogP contribution is 2.34. The number of benzene rings is 1. The third kappa shape index (κ3) is 2.45. The number of thiophene rings is 1. The van der Waals surface area contributed by atoms with Crippen LogP contribution < -0.4 is 4.74 Å². The van der Waals surface area contributed by atoms with Crippen molar-refractivity contribution >= 4 is 11.3 Å². The topological polar surface area (TPSA) is 9.23 Å². The van der Waals surface area contributed by atoms with Gasteiger partial charge in [-0.1, -0.05) is 26.5 Å². The molecule has 0 aliphatic rings. The monoisotopic (exact) mass is 234 g/mol. The van der Waals surface area contributed by atoms with Crippen LogP contribution in [0.15, 0.2) is 36.4 Å². The van der Waals surface area contributed by atoms with Crippen LogP contribution >= 0.6 is 11.3 Å². The quantitative estimate of drug-likeness (QED) is 0.752. The average Bonchev–Trinajstić information content (AvgIpc) is 2.77. The maximum absolute atomic E-state index is 5.35. The van der Waals surface area contributed by atoms with E-state index in [4.69, 9.17) is 4.74 Å². The molecule has 0 N–H and O–H groups in total. The van der Waals surface area contributed by atoms with Crippen molar-refractivity contribution in [3.8, 4) is 16.2 Å². The van der Waals surface area contributed by atoms with Crippen LogP contribution in [0.25, 0.3) is 10.4 Å². The van der Waals surface area contributed by atoms with Gasteiger partial charge in [-0.25, -0.2) is 0 Å². The summed E-state index contributed by atoms with van der Waals surface area (Å²) in [6, 6.07) is 12.5. The summed E-state index contributed by atoms with van der Waals surface area (Å²) in [5.41, 5.74) is 1.18. The first-order chi connectivity index (χ1) is 7.35. The molecule has 2 heteroatoms. The van der Waals surface area contributed by atoms with Crippen LogP contribution in [0, 0.1) is 0 Å². The lowest BCUT2D eigenvalue weighted by atomic mass is 10.1. The smallest absolute Gasteiger partial charge is 0.127 e. The van der Waals surface area contributed by atoms with Crippen molar-refractivity contribution in [2.75, 3.05) is 7.11 Å². The Balaban J connectivity index is 0.00000128. The van der Waals surface area contributed by atoms with Gasteiger partial charge in [0.2, 0.25) is 0 Å². The second-order valence-corrected chi connectivity index (χ2v) is 4.49. The van der Waals surface area contributed by atoms with Crippen LogP contribution in [0.5, 0.6) is 5.75 Å². The van der Waals surface area contributed by atoms with E-state index in [1.807, 2.05) is 29.5 Å². The summed E-state index contributed by atoms with van der Waals surface area (Å²) in [6.45, 7) is 2.18. The number of para-hydroxylation sites is 1. The minimum atomic E-state index is 0. The molecule has 16 heavy (non-hydrogen) atoms. The number of methoxy groups -OCH3 is 1. The van der Waals surface area contributed by atoms with Gasteiger partial charge in [0.15, 0.2) is 0 Å². The Kier molecular flexibility index (Phi) is 4.56. The van der Waals surface area contributed by atoms with E-state index in [9.17, 15) is 0 Å². The van der Waals surface area contributed by atoms with Crippen LogP contribution in [0.3, 0.4) is 0 Å². The third-order valence-electron chi connectivity index (χ3n) is 2.38. The van der Waals surface area contributed by atoms with E-state index >= 15 is 0 Å². The Morgan fingerprint density at radius 1 is 1.12 bits per heavy atom. The highest BCUT2D eigenvalue weighted by molar-refractivity contribution is 7.15. The van der Waals surface area contributed by atoms with Gasteiger partial charge in [-0.2, -0.15) is 0 Å². The van der Waals surface area contributed by atoms with Gasteiger partial charge in [0.1, 0.15) is 5.75 Å². The molecule has 1 aromatic heterocycles. The summed E-state index contributed by atoms with van der Waals surface area (Å²) >= 11 is 1.84. The molecule has 2 rings (SSSR count). The molecule has 0 saturated carbocycles. The summed E-state index contributed by atoms with van der Waals surface area (Å²) in [7, 11) is 1.72. The van der Waals surface area contributed by atoms with Crippen molar-refractivity contribution in [1.29, 1.82) is 0 Å². The zero-order valence-electron chi connectivity index (χ0n) is 8.99. The van der Waals surface area contributed by atoms with E-state index < -0.39 is 0 Å². The van der Waals surface area contributed by atoms with E-state index in [1.165, 1.54) is 15.3 Å². The Hall–Kier alpha value is -1.28. The van der Waals surface area contributed by atoms with Gasteiger partial charge in [0.25, 0.3) is 0 Å². The molecule has 0 atom stereocenters. The normalized spacial score (nSPS) is 9.62. The Morgan fingerprint density at radius 3 is 2.50 bits per heavy atom. The predicted molar refractivity (Wildman–Crippen MR) is 72.4 cm³/mol. The lowest BCUT2D eigenvalue weighted by molar-refractivity contribution is 0.416. The first-order valence-electron chi connectivity index (χ1n) is 5.07. The Morgan fingerprint density at radius 2 is 1.88 bits per heavy atom. The standard InChI is InChI=1S/C13H14OS.CH4/c1-3-10-8-9-13(15-10)11-6-4-5-7-12(11)14-2;/h4-9H,3H2,1-2H3;1H4. The predicted octanol–water partition coefficient (Wildman–Crippen LogP) is 4.62. The van der Waals surface area contributed by atoms with Gasteiger partial charge < -0.3 is 4.74 Å². The summed E-state index contributed by atoms with van der Waals surface area (Å²) in [5, 5.41) is 0. The number of hydrogen-bond donors (Lipinski definition) is 0. The fourth-order valence-corrected chi connectivity index (χ4v) is 2.54. The molecule has 1 heterocycles. The first kappa shape index (κ1) is 12.8. The van der Waals surface area contributed by atoms with E-state index in [2.05, 4.69) is 25.1 Å². The summed E-state index contributed by atoms with van der Waals surface area (Å²) < 4.78 is 5.35. The van der Waals surface area contributed by atoms with Crippen LogP contribution in [0.1, 0.15) is 19.2 Å². The lowest BCUT2D eigenvalue weighted by Gasteiger charge is -2.05. The van der Waals surface area contributed by atoms with Crippen LogP contribution in [0.4, 0.5) is 0 Å². The van der Waals surface area contributed by atoms with Crippen molar-refractivity contribution < 1.29 is 4.74 Å². The number of rotatable bonds is 3. The van der Waals surface area contributed by atoms with Crippen molar-refractivity contribution in [3.05, 3.63) is 41.3 Å². The van der Waals surface area contributed by atoms with Gasteiger partial charge in [-0.05, 0) is 30.7 Å². The molecule has 0 aliphatic carbocycles. The van der Waals surface area contributed by atoms with Gasteiger partial charge >= 0.3 is 0 Å². The highest BCUT2D eigenvalue weighted by atomic mass is 32.1. The second-order valence-electron chi connectivity index (χ2n) is 3.32. The Bertz CT molecular complexity index is 446. The van der Waals surface area contributed by atoms with Gasteiger partial charge in [-0.3, -0.25) is 0 Å². The zero-order chi connectivity index (χ0) is 10.7. The minimum Gasteiger partial charge on any atom is -0.496 e. The minimum absolute atomic E-state index is 0. The molecule has 0 aliphatic heterocycles. The molecular formula is C14H18OS. The summed E-state index contributed by atoms with van der Waals surface area (Å²) in [4.78, 5) is 2.69. The molecule has 86 valence electrons. The van der Waals surface area contributed by atoms with Crippen molar-refractivity contribution in [2.24, 2.45) is 0 Å². The van der Waals surface area contributed by atoms with Crippen LogP contribution in [-0.2, 0) is 6.42 Å². The molecule has 2 aromatic rings. The second kappa shape index (κ2) is 5.71. The molecule has 0 radical (unpaired) electrons. The zero-order valence-corrected chi connectivity index (χ0v) is 9.80. The molecule has 0 saturated heterocycles. The SMILES string of the molecule is C.CCc1ccc(-c2ccccc2OC)s1. The lowest BCUT2D eigenvalue weighted by Crippen LogP contribution is -1.84. The maximum Gasteiger partial charge on any atom is 0.127 e. The fraction of sp³-hybridized carbons (Fsp3) is 0.286. The summed E-state index contributed by atoms with van der Waals surface area (Å²) in [5.74, 6) is 0.946. The molecule has 0 amide bonds. The average molecular weight is 234 g/mol. The van der Waals surface area contributed by atoms with Crippen LogP contribution in [-0.4, -0.2) is 7.11 Å². The van der Waals surface area contributed by atoms with Gasteiger partial charge in [-0.15, -0.1) is 11.3 Å². The van der Waals surface area contributed by atoms with Crippen molar-refractivity contribution in [2.45, 2.75) is 20.8 Å². The largest absolute Gasteiger partial charge is 0.496 e. The fourth-order valence-electron chi connectivity index (χ4n) is 1.56. The number of aryl methyl sites for hydroxylation is 1. The van der Waals surface area contributed by atoms with Crippen LogP contribution in [0.2, 0.25) is 0 Å². The van der Waals surface area contributed by atoms with E-state index in [1.54, 1.807) is 7.11 Å². The van der Waals surface area contributed by atoms with E-state index in [0.717, 1.165) is 12.2 Å². The number of ether oxygens (including phenoxy) is 1. The van der Waals surface area contributed by atoms with Gasteiger partial charge in [0, 0.05) is 15.3 Å². The molecule has 0 spiro atoms. The molecule has 0 bridgehead atoms. The molecule has 1 aromatic carbocycles.